The van der Waals surface area contributed by atoms with Crippen LogP contribution in [0.5, 0.6) is 5.75 Å². The molecule has 0 saturated heterocycles. The van der Waals surface area contributed by atoms with Crippen LogP contribution in [0.25, 0.3) is 0 Å². The maximum Gasteiger partial charge on any atom is 0.317 e. The number of hydrogen-bond acceptors (Lipinski definition) is 4. The van der Waals surface area contributed by atoms with Crippen LogP contribution in [0.15, 0.2) is 42.5 Å². The molecule has 3 rings (SSSR count). The molecule has 0 saturated carbocycles. The molecule has 0 fully saturated rings. The highest BCUT2D eigenvalue weighted by Crippen LogP contribution is 2.29. The number of amides is 1. The first-order valence-electron chi connectivity index (χ1n) is 8.05. The van der Waals surface area contributed by atoms with Crippen LogP contribution in [-0.4, -0.2) is 35.0 Å². The summed E-state index contributed by atoms with van der Waals surface area (Å²) in [7, 11) is 0. The monoisotopic (exact) mass is 340 g/mol. The van der Waals surface area contributed by atoms with Gasteiger partial charge in [-0.1, -0.05) is 35.9 Å². The molecule has 0 unspecified atom stereocenters. The second kappa shape index (κ2) is 7.36. The zero-order valence-corrected chi connectivity index (χ0v) is 14.0. The van der Waals surface area contributed by atoms with Gasteiger partial charge in [0.25, 0.3) is 5.91 Å². The molecule has 1 amide bonds. The Morgan fingerprint density at radius 2 is 1.96 bits per heavy atom. The Bertz CT molecular complexity index is 804. The molecule has 2 aromatic carbocycles. The smallest absolute Gasteiger partial charge is 0.317 e. The van der Waals surface area contributed by atoms with Crippen molar-refractivity contribution in [3.8, 4) is 5.75 Å². The van der Waals surface area contributed by atoms with Gasteiger partial charge in [-0.3, -0.25) is 14.5 Å². The number of aliphatic carboxylic acids is 1. The minimum Gasteiger partial charge on any atom is -0.482 e. The van der Waals surface area contributed by atoms with Crippen molar-refractivity contribution in [2.24, 2.45) is 0 Å². The molecule has 1 heterocycles. The topological polar surface area (TPSA) is 78.9 Å². The molecule has 0 bridgehead atoms. The van der Waals surface area contributed by atoms with Gasteiger partial charge in [-0.05, 0) is 30.2 Å². The molecule has 0 atom stereocenters. The van der Waals surface area contributed by atoms with E-state index in [1.165, 1.54) is 0 Å². The maximum absolute atomic E-state index is 11.5. The van der Waals surface area contributed by atoms with Gasteiger partial charge in [0.15, 0.2) is 6.61 Å². The lowest BCUT2D eigenvalue weighted by Gasteiger charge is -2.23. The third kappa shape index (κ3) is 4.58. The van der Waals surface area contributed by atoms with Gasteiger partial charge < -0.3 is 15.2 Å². The lowest BCUT2D eigenvalue weighted by atomic mass is 10.1. The van der Waals surface area contributed by atoms with Gasteiger partial charge in [0.1, 0.15) is 5.75 Å². The molecule has 130 valence electrons. The number of hydrogen-bond donors (Lipinski definition) is 2. The Morgan fingerprint density at radius 1 is 1.20 bits per heavy atom. The summed E-state index contributed by atoms with van der Waals surface area (Å²) >= 11 is 0. The van der Waals surface area contributed by atoms with Crippen LogP contribution < -0.4 is 10.1 Å². The average Bonchev–Trinajstić information content (AvgIpc) is 2.53. The van der Waals surface area contributed by atoms with Crippen molar-refractivity contribution in [2.75, 3.05) is 18.5 Å². The number of anilines is 1. The Balaban J connectivity index is 1.77. The normalized spacial score (nSPS) is 13.1. The van der Waals surface area contributed by atoms with E-state index in [0.717, 1.165) is 16.7 Å². The summed E-state index contributed by atoms with van der Waals surface area (Å²) in [6.07, 6.45) is 0. The summed E-state index contributed by atoms with van der Waals surface area (Å²) in [6, 6.07) is 13.5. The molecule has 1 aliphatic heterocycles. The molecule has 2 N–H and O–H groups in total. The summed E-state index contributed by atoms with van der Waals surface area (Å²) in [5.74, 6) is -0.430. The molecule has 2 aromatic rings. The van der Waals surface area contributed by atoms with Crippen LogP contribution in [0, 0.1) is 6.92 Å². The van der Waals surface area contributed by atoms with Crippen molar-refractivity contribution in [1.82, 2.24) is 4.90 Å². The zero-order chi connectivity index (χ0) is 17.8. The fraction of sp³-hybridized carbons (Fsp3) is 0.263. The van der Waals surface area contributed by atoms with Gasteiger partial charge in [0.05, 0.1) is 12.2 Å². The van der Waals surface area contributed by atoms with E-state index in [4.69, 9.17) is 4.74 Å². The highest BCUT2D eigenvalue weighted by atomic mass is 16.5. The first-order valence-corrected chi connectivity index (χ1v) is 8.05. The molecular formula is C19H20N2O4. The van der Waals surface area contributed by atoms with E-state index in [2.05, 4.69) is 11.4 Å². The highest BCUT2D eigenvalue weighted by molar-refractivity contribution is 5.95. The number of carboxylic acid groups (broad SMARTS) is 1. The van der Waals surface area contributed by atoms with E-state index in [0.29, 0.717) is 24.5 Å². The van der Waals surface area contributed by atoms with Crippen LogP contribution in [0.4, 0.5) is 5.69 Å². The van der Waals surface area contributed by atoms with Crippen molar-refractivity contribution in [3.63, 3.8) is 0 Å². The molecule has 1 aliphatic rings. The predicted molar refractivity (Wildman–Crippen MR) is 93.5 cm³/mol. The minimum absolute atomic E-state index is 0.0187. The van der Waals surface area contributed by atoms with Gasteiger partial charge in [0.2, 0.25) is 0 Å². The fourth-order valence-corrected chi connectivity index (χ4v) is 2.91. The number of nitrogens with one attached hydrogen (secondary N) is 1. The summed E-state index contributed by atoms with van der Waals surface area (Å²) < 4.78 is 5.35. The first-order chi connectivity index (χ1) is 12.0. The zero-order valence-electron chi connectivity index (χ0n) is 14.0. The number of carbonyl (C=O) groups is 2. The van der Waals surface area contributed by atoms with Crippen molar-refractivity contribution in [1.29, 1.82) is 0 Å². The van der Waals surface area contributed by atoms with Crippen LogP contribution in [-0.2, 0) is 22.7 Å². The molecular weight excluding hydrogens is 320 g/mol. The first kappa shape index (κ1) is 17.0. The van der Waals surface area contributed by atoms with E-state index in [-0.39, 0.29) is 19.1 Å². The fourth-order valence-electron chi connectivity index (χ4n) is 2.91. The third-order valence-corrected chi connectivity index (χ3v) is 3.93. The Hall–Kier alpha value is -2.86. The number of rotatable bonds is 6. The van der Waals surface area contributed by atoms with Gasteiger partial charge in [-0.15, -0.1) is 0 Å². The number of aryl methyl sites for hydroxylation is 1. The summed E-state index contributed by atoms with van der Waals surface area (Å²) in [5, 5.41) is 12.0. The quantitative estimate of drug-likeness (QED) is 0.844. The SMILES string of the molecule is Cc1cccc(CN(CC(=O)O)Cc2ccc3c(c2)NC(=O)CO3)c1. The summed E-state index contributed by atoms with van der Waals surface area (Å²) in [6.45, 7) is 2.97. The molecule has 6 nitrogen and oxygen atoms in total. The van der Waals surface area contributed by atoms with Gasteiger partial charge >= 0.3 is 5.97 Å². The standard InChI is InChI=1S/C19H20N2O4/c1-13-3-2-4-14(7-13)9-21(11-19(23)24)10-15-5-6-17-16(8-15)20-18(22)12-25-17/h2-8H,9-12H2,1H3,(H,20,22)(H,23,24). The lowest BCUT2D eigenvalue weighted by Crippen LogP contribution is -2.29. The summed E-state index contributed by atoms with van der Waals surface area (Å²) in [5.41, 5.74) is 3.75. The molecule has 0 aromatic heterocycles. The van der Waals surface area contributed by atoms with E-state index < -0.39 is 5.97 Å². The van der Waals surface area contributed by atoms with Gasteiger partial charge in [0, 0.05) is 13.1 Å². The molecule has 0 aliphatic carbocycles. The highest BCUT2D eigenvalue weighted by Gasteiger charge is 2.17. The number of fused-ring (bicyclic) bond motifs is 1. The number of carbonyl (C=O) groups excluding carboxylic acids is 1. The average molecular weight is 340 g/mol. The molecule has 6 heteroatoms. The van der Waals surface area contributed by atoms with Crippen LogP contribution >= 0.6 is 0 Å². The van der Waals surface area contributed by atoms with E-state index in [1.54, 1.807) is 6.07 Å². The van der Waals surface area contributed by atoms with E-state index >= 15 is 0 Å². The van der Waals surface area contributed by atoms with Crippen molar-refractivity contribution in [3.05, 3.63) is 59.2 Å². The van der Waals surface area contributed by atoms with E-state index in [9.17, 15) is 14.7 Å². The number of ether oxygens (including phenoxy) is 1. The number of nitrogens with zero attached hydrogens (tertiary/aromatic N) is 1. The minimum atomic E-state index is -0.873. The van der Waals surface area contributed by atoms with Crippen LogP contribution in [0.2, 0.25) is 0 Å². The summed E-state index contributed by atoms with van der Waals surface area (Å²) in [4.78, 5) is 24.5. The largest absolute Gasteiger partial charge is 0.482 e. The Morgan fingerprint density at radius 3 is 2.68 bits per heavy atom. The van der Waals surface area contributed by atoms with E-state index in [1.807, 2.05) is 42.2 Å². The second-order valence-electron chi connectivity index (χ2n) is 6.20. The van der Waals surface area contributed by atoms with Gasteiger partial charge in [-0.2, -0.15) is 0 Å². The number of carboxylic acids is 1. The molecule has 0 radical (unpaired) electrons. The van der Waals surface area contributed by atoms with Crippen molar-refractivity contribution >= 4 is 17.6 Å². The lowest BCUT2D eigenvalue weighted by molar-refractivity contribution is -0.138. The Labute approximate surface area is 146 Å². The van der Waals surface area contributed by atoms with Gasteiger partial charge in [-0.25, -0.2) is 0 Å². The van der Waals surface area contributed by atoms with Crippen LogP contribution in [0.3, 0.4) is 0 Å². The number of benzene rings is 2. The van der Waals surface area contributed by atoms with Crippen LogP contribution in [0.1, 0.15) is 16.7 Å². The van der Waals surface area contributed by atoms with Crippen molar-refractivity contribution < 1.29 is 19.4 Å². The predicted octanol–water partition coefficient (Wildman–Crippen LogP) is 2.41. The second-order valence-corrected chi connectivity index (χ2v) is 6.20. The maximum atomic E-state index is 11.5. The molecule has 25 heavy (non-hydrogen) atoms. The molecule has 0 spiro atoms. The van der Waals surface area contributed by atoms with Crippen molar-refractivity contribution in [2.45, 2.75) is 20.0 Å². The third-order valence-electron chi connectivity index (χ3n) is 3.93. The Kier molecular flexibility index (Phi) is 5.00.